The van der Waals surface area contributed by atoms with E-state index in [2.05, 4.69) is 33.0 Å². The number of hydrogen-bond acceptors (Lipinski definition) is 3. The molecular formula is C14H21ClN2O2. The van der Waals surface area contributed by atoms with Crippen LogP contribution in [-0.4, -0.2) is 11.5 Å². The van der Waals surface area contributed by atoms with E-state index < -0.39 is 0 Å². The monoisotopic (exact) mass is 284 g/mol. The van der Waals surface area contributed by atoms with Crippen molar-refractivity contribution in [2.75, 3.05) is 6.54 Å². The van der Waals surface area contributed by atoms with E-state index >= 15 is 0 Å². The van der Waals surface area contributed by atoms with Crippen LogP contribution >= 0.6 is 11.6 Å². The lowest BCUT2D eigenvalue weighted by Gasteiger charge is -2.29. The van der Waals surface area contributed by atoms with Crippen molar-refractivity contribution in [2.45, 2.75) is 34.2 Å². The predicted molar refractivity (Wildman–Crippen MR) is 78.4 cm³/mol. The second kappa shape index (κ2) is 6.35. The Hall–Kier alpha value is -1.13. The second-order valence-electron chi connectivity index (χ2n) is 5.78. The summed E-state index contributed by atoms with van der Waals surface area (Å²) >= 11 is 5.89. The molecule has 0 aliphatic heterocycles. The third kappa shape index (κ3) is 4.48. The van der Waals surface area contributed by atoms with Crippen LogP contribution in [-0.2, 0) is 6.54 Å². The molecule has 0 saturated carbocycles. The molecule has 0 bridgehead atoms. The Morgan fingerprint density at radius 1 is 1.42 bits per heavy atom. The SMILES string of the molecule is CC(C)C(C)(C)CNCc1cc(Cl)ccc1[N+](=O)[O-]. The molecule has 1 rings (SSSR count). The van der Waals surface area contributed by atoms with Gasteiger partial charge in [0, 0.05) is 29.7 Å². The first-order chi connectivity index (χ1) is 8.74. The van der Waals surface area contributed by atoms with Crippen LogP contribution in [0, 0.1) is 21.4 Å². The van der Waals surface area contributed by atoms with Gasteiger partial charge in [-0.15, -0.1) is 0 Å². The highest BCUT2D eigenvalue weighted by atomic mass is 35.5. The van der Waals surface area contributed by atoms with Crippen LogP contribution in [0.1, 0.15) is 33.3 Å². The van der Waals surface area contributed by atoms with E-state index in [0.29, 0.717) is 23.0 Å². The van der Waals surface area contributed by atoms with Gasteiger partial charge in [0.05, 0.1) is 4.92 Å². The van der Waals surface area contributed by atoms with Gasteiger partial charge in [0.1, 0.15) is 0 Å². The van der Waals surface area contributed by atoms with Crippen LogP contribution in [0.5, 0.6) is 0 Å². The molecular weight excluding hydrogens is 264 g/mol. The summed E-state index contributed by atoms with van der Waals surface area (Å²) in [6.45, 7) is 9.95. The maximum absolute atomic E-state index is 10.9. The number of rotatable bonds is 6. The highest BCUT2D eigenvalue weighted by Gasteiger charge is 2.22. The molecule has 106 valence electrons. The minimum atomic E-state index is -0.374. The Morgan fingerprint density at radius 2 is 2.05 bits per heavy atom. The Morgan fingerprint density at radius 3 is 2.58 bits per heavy atom. The zero-order valence-electron chi connectivity index (χ0n) is 11.9. The molecule has 1 aromatic rings. The van der Waals surface area contributed by atoms with Crippen LogP contribution in [0.3, 0.4) is 0 Å². The van der Waals surface area contributed by atoms with Crippen LogP contribution in [0.25, 0.3) is 0 Å². The fraction of sp³-hybridized carbons (Fsp3) is 0.571. The molecule has 0 amide bonds. The summed E-state index contributed by atoms with van der Waals surface area (Å²) < 4.78 is 0. The van der Waals surface area contributed by atoms with E-state index in [1.165, 1.54) is 6.07 Å². The fourth-order valence-electron chi connectivity index (χ4n) is 1.60. The minimum absolute atomic E-state index is 0.110. The predicted octanol–water partition coefficient (Wildman–Crippen LogP) is 4.02. The molecule has 0 fully saturated rings. The average Bonchev–Trinajstić information content (AvgIpc) is 2.28. The molecule has 1 aromatic carbocycles. The summed E-state index contributed by atoms with van der Waals surface area (Å²) in [4.78, 5) is 10.6. The summed E-state index contributed by atoms with van der Waals surface area (Å²) in [5, 5.41) is 14.7. The molecule has 0 atom stereocenters. The largest absolute Gasteiger partial charge is 0.312 e. The molecule has 1 N–H and O–H groups in total. The van der Waals surface area contributed by atoms with E-state index in [-0.39, 0.29) is 16.0 Å². The fourth-order valence-corrected chi connectivity index (χ4v) is 1.79. The molecule has 0 heterocycles. The minimum Gasteiger partial charge on any atom is -0.312 e. The van der Waals surface area contributed by atoms with Gasteiger partial charge in [-0.25, -0.2) is 0 Å². The zero-order chi connectivity index (χ0) is 14.6. The highest BCUT2D eigenvalue weighted by Crippen LogP contribution is 2.26. The smallest absolute Gasteiger partial charge is 0.273 e. The molecule has 4 nitrogen and oxygen atoms in total. The lowest BCUT2D eigenvalue weighted by atomic mass is 9.81. The first kappa shape index (κ1) is 15.9. The first-order valence-corrected chi connectivity index (χ1v) is 6.75. The molecule has 5 heteroatoms. The van der Waals surface area contributed by atoms with Crippen LogP contribution < -0.4 is 5.32 Å². The lowest BCUT2D eigenvalue weighted by Crippen LogP contribution is -2.33. The number of hydrogen-bond donors (Lipinski definition) is 1. The quantitative estimate of drug-likeness (QED) is 0.634. The van der Waals surface area contributed by atoms with Crippen molar-refractivity contribution in [1.29, 1.82) is 0 Å². The maximum atomic E-state index is 10.9. The first-order valence-electron chi connectivity index (χ1n) is 6.37. The van der Waals surface area contributed by atoms with Crippen LogP contribution in [0.15, 0.2) is 18.2 Å². The Balaban J connectivity index is 2.73. The van der Waals surface area contributed by atoms with Crippen molar-refractivity contribution >= 4 is 17.3 Å². The number of nitro benzene ring substituents is 1. The summed E-state index contributed by atoms with van der Waals surface area (Å²) in [7, 11) is 0. The van der Waals surface area contributed by atoms with Gasteiger partial charge in [0.25, 0.3) is 5.69 Å². The standard InChI is InChI=1S/C14H21ClN2O2/c1-10(2)14(3,4)9-16-8-11-7-12(15)5-6-13(11)17(18)19/h5-7,10,16H,8-9H2,1-4H3. The van der Waals surface area contributed by atoms with Crippen molar-refractivity contribution in [3.8, 4) is 0 Å². The summed E-state index contributed by atoms with van der Waals surface area (Å²) in [5.41, 5.74) is 0.879. The maximum Gasteiger partial charge on any atom is 0.273 e. The molecule has 0 aliphatic rings. The number of nitro groups is 1. The van der Waals surface area contributed by atoms with E-state index in [0.717, 1.165) is 6.54 Å². The Kier molecular flexibility index (Phi) is 5.32. The summed E-state index contributed by atoms with van der Waals surface area (Å²) in [5.74, 6) is 0.536. The molecule has 0 unspecified atom stereocenters. The third-order valence-corrected chi connectivity index (χ3v) is 3.93. The normalized spacial score (nSPS) is 11.9. The van der Waals surface area contributed by atoms with Crippen LogP contribution in [0.4, 0.5) is 5.69 Å². The van der Waals surface area contributed by atoms with Crippen molar-refractivity contribution in [3.63, 3.8) is 0 Å². The van der Waals surface area contributed by atoms with Gasteiger partial charge in [-0.2, -0.15) is 0 Å². The zero-order valence-corrected chi connectivity index (χ0v) is 12.6. The van der Waals surface area contributed by atoms with Crippen molar-refractivity contribution in [2.24, 2.45) is 11.3 Å². The molecule has 0 aliphatic carbocycles. The average molecular weight is 285 g/mol. The van der Waals surface area contributed by atoms with Crippen molar-refractivity contribution in [3.05, 3.63) is 38.9 Å². The van der Waals surface area contributed by atoms with E-state index in [4.69, 9.17) is 11.6 Å². The highest BCUT2D eigenvalue weighted by molar-refractivity contribution is 6.30. The molecule has 0 spiro atoms. The molecule has 0 saturated heterocycles. The molecule has 0 aromatic heterocycles. The number of benzene rings is 1. The third-order valence-electron chi connectivity index (χ3n) is 3.70. The van der Waals surface area contributed by atoms with E-state index in [9.17, 15) is 10.1 Å². The number of halogens is 1. The molecule has 0 radical (unpaired) electrons. The van der Waals surface area contributed by atoms with Gasteiger partial charge in [0.2, 0.25) is 0 Å². The van der Waals surface area contributed by atoms with E-state index in [1.54, 1.807) is 12.1 Å². The van der Waals surface area contributed by atoms with Crippen molar-refractivity contribution in [1.82, 2.24) is 5.32 Å². The Bertz CT molecular complexity index is 459. The van der Waals surface area contributed by atoms with Gasteiger partial charge in [0.15, 0.2) is 0 Å². The van der Waals surface area contributed by atoms with Gasteiger partial charge < -0.3 is 5.32 Å². The van der Waals surface area contributed by atoms with Gasteiger partial charge in [-0.3, -0.25) is 10.1 Å². The summed E-state index contributed by atoms with van der Waals surface area (Å²) in [6.07, 6.45) is 0. The Labute approximate surface area is 119 Å². The lowest BCUT2D eigenvalue weighted by molar-refractivity contribution is -0.385. The van der Waals surface area contributed by atoms with Crippen molar-refractivity contribution < 1.29 is 4.92 Å². The summed E-state index contributed by atoms with van der Waals surface area (Å²) in [6, 6.07) is 4.64. The number of nitrogens with one attached hydrogen (secondary N) is 1. The van der Waals surface area contributed by atoms with Gasteiger partial charge in [-0.05, 0) is 23.5 Å². The topological polar surface area (TPSA) is 55.2 Å². The van der Waals surface area contributed by atoms with Gasteiger partial charge >= 0.3 is 0 Å². The second-order valence-corrected chi connectivity index (χ2v) is 6.21. The van der Waals surface area contributed by atoms with E-state index in [1.807, 2.05) is 0 Å². The van der Waals surface area contributed by atoms with Gasteiger partial charge in [-0.1, -0.05) is 39.3 Å². The van der Waals surface area contributed by atoms with Crippen LogP contribution in [0.2, 0.25) is 5.02 Å². The molecule has 19 heavy (non-hydrogen) atoms. The number of nitrogens with zero attached hydrogens (tertiary/aromatic N) is 1.